The fourth-order valence-corrected chi connectivity index (χ4v) is 2.11. The van der Waals surface area contributed by atoms with Crippen molar-refractivity contribution in [2.75, 3.05) is 12.9 Å². The second-order valence-corrected chi connectivity index (χ2v) is 6.46. The zero-order valence-corrected chi connectivity index (χ0v) is 12.0. The Morgan fingerprint density at radius 1 is 1.28 bits per heavy atom. The third kappa shape index (κ3) is 7.23. The van der Waals surface area contributed by atoms with Crippen molar-refractivity contribution in [3.8, 4) is 0 Å². The molecule has 18 heavy (non-hydrogen) atoms. The van der Waals surface area contributed by atoms with Gasteiger partial charge in [0.2, 0.25) is 10.0 Å². The molecule has 0 aliphatic rings. The molecule has 0 rings (SSSR count). The van der Waals surface area contributed by atoms with Crippen LogP contribution in [0.2, 0.25) is 0 Å². The maximum Gasteiger partial charge on any atom is 0.324 e. The van der Waals surface area contributed by atoms with Crippen molar-refractivity contribution in [3.05, 3.63) is 0 Å². The van der Waals surface area contributed by atoms with E-state index in [2.05, 4.69) is 4.74 Å². The van der Waals surface area contributed by atoms with Crippen LogP contribution in [0.25, 0.3) is 0 Å². The van der Waals surface area contributed by atoms with Crippen molar-refractivity contribution >= 4 is 22.0 Å². The van der Waals surface area contributed by atoms with Crippen LogP contribution < -0.4 is 4.72 Å². The zero-order valence-electron chi connectivity index (χ0n) is 11.1. The summed E-state index contributed by atoms with van der Waals surface area (Å²) in [5.74, 6) is -2.45. The van der Waals surface area contributed by atoms with Gasteiger partial charge in [-0.25, -0.2) is 13.1 Å². The summed E-state index contributed by atoms with van der Waals surface area (Å²) in [6.45, 7) is 6.34. The van der Waals surface area contributed by atoms with Gasteiger partial charge in [-0.2, -0.15) is 0 Å². The maximum atomic E-state index is 11.5. The van der Waals surface area contributed by atoms with E-state index in [1.165, 1.54) is 6.92 Å². The molecule has 0 heterocycles. The molecule has 0 radical (unpaired) electrons. The van der Waals surface area contributed by atoms with Crippen molar-refractivity contribution < 1.29 is 27.5 Å². The Morgan fingerprint density at radius 2 is 1.78 bits per heavy atom. The second kappa shape index (κ2) is 6.14. The van der Waals surface area contributed by atoms with Gasteiger partial charge in [0.25, 0.3) is 0 Å². The van der Waals surface area contributed by atoms with Gasteiger partial charge in [0.15, 0.2) is 5.75 Å². The van der Waals surface area contributed by atoms with Crippen molar-refractivity contribution in [3.63, 3.8) is 0 Å². The second-order valence-electron chi connectivity index (χ2n) is 4.71. The molecular formula is C10H19NO6S. The van der Waals surface area contributed by atoms with Crippen molar-refractivity contribution in [1.82, 2.24) is 4.72 Å². The number of ether oxygens (including phenoxy) is 2. The summed E-state index contributed by atoms with van der Waals surface area (Å²) in [5.41, 5.74) is -0.709. The lowest BCUT2D eigenvalue weighted by atomic mass is 10.2. The number of hydrogen-bond acceptors (Lipinski definition) is 6. The van der Waals surface area contributed by atoms with Crippen LogP contribution >= 0.6 is 0 Å². The van der Waals surface area contributed by atoms with Gasteiger partial charge in [0.1, 0.15) is 11.6 Å². The first-order valence-corrected chi connectivity index (χ1v) is 6.92. The summed E-state index contributed by atoms with van der Waals surface area (Å²) in [4.78, 5) is 22.4. The van der Waals surface area contributed by atoms with E-state index < -0.39 is 39.4 Å². The Labute approximate surface area is 107 Å². The highest BCUT2D eigenvalue weighted by Crippen LogP contribution is 2.08. The highest BCUT2D eigenvalue weighted by Gasteiger charge is 2.26. The Kier molecular flexibility index (Phi) is 5.75. The third-order valence-corrected chi connectivity index (χ3v) is 2.98. The lowest BCUT2D eigenvalue weighted by Gasteiger charge is -2.22. The number of esters is 2. The number of hydrogen-bond donors (Lipinski definition) is 1. The first-order chi connectivity index (χ1) is 7.97. The van der Waals surface area contributed by atoms with Gasteiger partial charge in [0, 0.05) is 0 Å². The normalized spacial score (nSPS) is 13.8. The Hall–Kier alpha value is -1.15. The molecular weight excluding hydrogens is 262 g/mol. The fourth-order valence-electron chi connectivity index (χ4n) is 0.963. The van der Waals surface area contributed by atoms with E-state index in [1.54, 1.807) is 20.8 Å². The van der Waals surface area contributed by atoms with Crippen LogP contribution in [0.15, 0.2) is 0 Å². The molecule has 0 aromatic heterocycles. The Morgan fingerprint density at radius 3 is 2.17 bits per heavy atom. The van der Waals surface area contributed by atoms with Gasteiger partial charge >= 0.3 is 11.9 Å². The third-order valence-electron chi connectivity index (χ3n) is 1.65. The molecule has 106 valence electrons. The minimum absolute atomic E-state index is 0.709. The average Bonchev–Trinajstić information content (AvgIpc) is 2.13. The summed E-state index contributed by atoms with van der Waals surface area (Å²) in [7, 11) is -2.84. The molecule has 0 aromatic rings. The van der Waals surface area contributed by atoms with Crippen LogP contribution in [0.5, 0.6) is 0 Å². The van der Waals surface area contributed by atoms with Crippen molar-refractivity contribution in [2.45, 2.75) is 39.3 Å². The largest absolute Gasteiger partial charge is 0.468 e. The van der Waals surface area contributed by atoms with Gasteiger partial charge in [-0.05, 0) is 27.7 Å². The minimum Gasteiger partial charge on any atom is -0.468 e. The summed E-state index contributed by atoms with van der Waals surface area (Å²) in [6, 6.07) is -1.07. The van der Waals surface area contributed by atoms with Crippen LogP contribution in [-0.4, -0.2) is 44.9 Å². The number of sulfonamides is 1. The Bertz CT molecular complexity index is 409. The van der Waals surface area contributed by atoms with Gasteiger partial charge < -0.3 is 9.47 Å². The molecule has 0 aliphatic heterocycles. The molecule has 0 aliphatic carbocycles. The molecule has 0 saturated heterocycles. The highest BCUT2D eigenvalue weighted by molar-refractivity contribution is 7.90. The smallest absolute Gasteiger partial charge is 0.324 e. The lowest BCUT2D eigenvalue weighted by Crippen LogP contribution is -2.44. The van der Waals surface area contributed by atoms with Crippen LogP contribution in [0.1, 0.15) is 27.7 Å². The monoisotopic (exact) mass is 281 g/mol. The SMILES string of the molecule is COC(=O)CS(=O)(=O)N[C@H](C)C(=O)OC(C)(C)C. The van der Waals surface area contributed by atoms with Gasteiger partial charge in [-0.3, -0.25) is 9.59 Å². The minimum atomic E-state index is -3.92. The van der Waals surface area contributed by atoms with E-state index >= 15 is 0 Å². The maximum absolute atomic E-state index is 11.5. The molecule has 0 amide bonds. The molecule has 1 N–H and O–H groups in total. The van der Waals surface area contributed by atoms with Crippen LogP contribution in [-0.2, 0) is 29.1 Å². The van der Waals surface area contributed by atoms with Gasteiger partial charge in [-0.1, -0.05) is 0 Å². The van der Waals surface area contributed by atoms with E-state index in [9.17, 15) is 18.0 Å². The highest BCUT2D eigenvalue weighted by atomic mass is 32.2. The molecule has 0 bridgehead atoms. The molecule has 0 unspecified atom stereocenters. The molecule has 0 saturated carbocycles. The van der Waals surface area contributed by atoms with Gasteiger partial charge in [0.05, 0.1) is 7.11 Å². The zero-order chi connectivity index (χ0) is 14.6. The molecule has 8 heteroatoms. The molecule has 0 spiro atoms. The van der Waals surface area contributed by atoms with E-state index in [0.29, 0.717) is 0 Å². The summed E-state index contributed by atoms with van der Waals surface area (Å²) >= 11 is 0. The van der Waals surface area contributed by atoms with Gasteiger partial charge in [-0.15, -0.1) is 0 Å². The number of methoxy groups -OCH3 is 1. The van der Waals surface area contributed by atoms with E-state index in [1.807, 2.05) is 4.72 Å². The van der Waals surface area contributed by atoms with Crippen LogP contribution in [0.4, 0.5) is 0 Å². The summed E-state index contributed by atoms with van der Waals surface area (Å²) in [5, 5.41) is 0. The van der Waals surface area contributed by atoms with Crippen LogP contribution in [0.3, 0.4) is 0 Å². The van der Waals surface area contributed by atoms with E-state index in [4.69, 9.17) is 4.74 Å². The topological polar surface area (TPSA) is 98.8 Å². The average molecular weight is 281 g/mol. The summed E-state index contributed by atoms with van der Waals surface area (Å²) < 4.78 is 34.2. The standard InChI is InChI=1S/C10H19NO6S/c1-7(9(13)17-10(2,3)4)11-18(14,15)6-8(12)16-5/h7,11H,6H2,1-5H3/t7-/m1/s1. The predicted octanol–water partition coefficient (Wildman–Crippen LogP) is -0.191. The van der Waals surface area contributed by atoms with Crippen molar-refractivity contribution in [1.29, 1.82) is 0 Å². The number of carbonyl (C=O) groups is 2. The summed E-state index contributed by atoms with van der Waals surface area (Å²) in [6.07, 6.45) is 0. The number of carbonyl (C=O) groups excluding carboxylic acids is 2. The van der Waals surface area contributed by atoms with Crippen molar-refractivity contribution in [2.24, 2.45) is 0 Å². The first-order valence-electron chi connectivity index (χ1n) is 5.26. The predicted molar refractivity (Wildman–Crippen MR) is 64.2 cm³/mol. The molecule has 0 aromatic carbocycles. The molecule has 1 atom stereocenters. The fraction of sp³-hybridized carbons (Fsp3) is 0.800. The van der Waals surface area contributed by atoms with E-state index in [-0.39, 0.29) is 0 Å². The quantitative estimate of drug-likeness (QED) is 0.701. The Balaban J connectivity index is 4.52. The lowest BCUT2D eigenvalue weighted by molar-refractivity contribution is -0.156. The number of rotatable bonds is 5. The number of nitrogens with one attached hydrogen (secondary N) is 1. The first kappa shape index (κ1) is 16.9. The molecule has 7 nitrogen and oxygen atoms in total. The van der Waals surface area contributed by atoms with Crippen LogP contribution in [0, 0.1) is 0 Å². The van der Waals surface area contributed by atoms with E-state index in [0.717, 1.165) is 7.11 Å². The molecule has 0 fully saturated rings.